The molecule has 0 saturated carbocycles. The van der Waals surface area contributed by atoms with Gasteiger partial charge in [0, 0.05) is 30.1 Å². The Kier molecular flexibility index (Phi) is 7.18. The third-order valence-electron chi connectivity index (χ3n) is 3.71. The molecule has 0 fully saturated rings. The number of nitro groups is 1. The van der Waals surface area contributed by atoms with E-state index < -0.39 is 4.92 Å². The molecule has 2 aromatic rings. The predicted molar refractivity (Wildman–Crippen MR) is 101 cm³/mol. The Morgan fingerprint density at radius 2 is 1.85 bits per heavy atom. The summed E-state index contributed by atoms with van der Waals surface area (Å²) >= 11 is 1.36. The second-order valence-corrected chi connectivity index (χ2v) is 6.71. The molecule has 0 unspecified atom stereocenters. The average molecular weight is 369 g/mol. The maximum absolute atomic E-state index is 12.6. The number of nitrogens with zero attached hydrogens (tertiary/aromatic N) is 3. The smallest absolute Gasteiger partial charge is 0.269 e. The molecule has 1 amide bonds. The van der Waals surface area contributed by atoms with E-state index in [2.05, 4.69) is 6.07 Å². The minimum Gasteiger partial charge on any atom is -0.338 e. The SMILES string of the molecule is CCCN(Cc1ccc(C#N)cc1)C(=O)CSc1ccc([N+](=O)[O-])cc1. The number of non-ortho nitro benzene ring substituents is 1. The number of carbonyl (C=O) groups is 1. The molecular formula is C19H19N3O3S. The van der Waals surface area contributed by atoms with Crippen LogP contribution in [0.25, 0.3) is 0 Å². The largest absolute Gasteiger partial charge is 0.338 e. The zero-order valence-electron chi connectivity index (χ0n) is 14.4. The molecule has 0 radical (unpaired) electrons. The van der Waals surface area contributed by atoms with Crippen LogP contribution in [0.4, 0.5) is 5.69 Å². The van der Waals surface area contributed by atoms with Crippen LogP contribution in [0.5, 0.6) is 0 Å². The van der Waals surface area contributed by atoms with Gasteiger partial charge in [0.1, 0.15) is 0 Å². The molecule has 0 N–H and O–H groups in total. The van der Waals surface area contributed by atoms with Crippen molar-refractivity contribution in [3.8, 4) is 6.07 Å². The molecule has 2 rings (SSSR count). The summed E-state index contributed by atoms with van der Waals surface area (Å²) in [4.78, 5) is 25.4. The zero-order valence-corrected chi connectivity index (χ0v) is 15.2. The van der Waals surface area contributed by atoms with Gasteiger partial charge in [0.25, 0.3) is 5.69 Å². The first-order valence-corrected chi connectivity index (χ1v) is 9.16. The summed E-state index contributed by atoms with van der Waals surface area (Å²) in [5.74, 6) is 0.285. The fourth-order valence-corrected chi connectivity index (χ4v) is 3.17. The van der Waals surface area contributed by atoms with Gasteiger partial charge in [-0.15, -0.1) is 11.8 Å². The molecular weight excluding hydrogens is 350 g/mol. The summed E-state index contributed by atoms with van der Waals surface area (Å²) in [5, 5.41) is 19.5. The van der Waals surface area contributed by atoms with E-state index in [4.69, 9.17) is 5.26 Å². The monoisotopic (exact) mass is 369 g/mol. The maximum atomic E-state index is 12.6. The van der Waals surface area contributed by atoms with Gasteiger partial charge in [-0.2, -0.15) is 5.26 Å². The van der Waals surface area contributed by atoms with Gasteiger partial charge in [-0.3, -0.25) is 14.9 Å². The second-order valence-electron chi connectivity index (χ2n) is 5.66. The minimum absolute atomic E-state index is 0.0135. The first-order valence-electron chi connectivity index (χ1n) is 8.17. The number of hydrogen-bond acceptors (Lipinski definition) is 5. The molecule has 2 aromatic carbocycles. The average Bonchev–Trinajstić information content (AvgIpc) is 2.66. The van der Waals surface area contributed by atoms with Gasteiger partial charge in [0.15, 0.2) is 0 Å². The molecule has 0 aliphatic heterocycles. The van der Waals surface area contributed by atoms with Crippen LogP contribution in [0, 0.1) is 21.4 Å². The van der Waals surface area contributed by atoms with Gasteiger partial charge >= 0.3 is 0 Å². The number of hydrogen-bond donors (Lipinski definition) is 0. The van der Waals surface area contributed by atoms with Crippen LogP contribution in [-0.4, -0.2) is 28.0 Å². The van der Waals surface area contributed by atoms with Gasteiger partial charge in [-0.25, -0.2) is 0 Å². The van der Waals surface area contributed by atoms with E-state index in [9.17, 15) is 14.9 Å². The number of nitro benzene ring substituents is 1. The van der Waals surface area contributed by atoms with Crippen molar-refractivity contribution in [2.24, 2.45) is 0 Å². The second kappa shape index (κ2) is 9.59. The normalized spacial score (nSPS) is 10.2. The zero-order chi connectivity index (χ0) is 18.9. The molecule has 6 nitrogen and oxygen atoms in total. The molecule has 0 atom stereocenters. The Morgan fingerprint density at radius 3 is 2.38 bits per heavy atom. The molecule has 0 heterocycles. The maximum Gasteiger partial charge on any atom is 0.269 e. The summed E-state index contributed by atoms with van der Waals surface area (Å²) in [6, 6.07) is 15.5. The highest BCUT2D eigenvalue weighted by molar-refractivity contribution is 8.00. The molecule has 0 aliphatic carbocycles. The first-order chi connectivity index (χ1) is 12.5. The molecule has 26 heavy (non-hydrogen) atoms. The first kappa shape index (κ1) is 19.5. The minimum atomic E-state index is -0.444. The number of benzene rings is 2. The van der Waals surface area contributed by atoms with Crippen LogP contribution in [0.1, 0.15) is 24.5 Å². The van der Waals surface area contributed by atoms with E-state index in [1.807, 2.05) is 19.1 Å². The van der Waals surface area contributed by atoms with Crippen LogP contribution >= 0.6 is 11.8 Å². The van der Waals surface area contributed by atoms with Crippen LogP contribution in [-0.2, 0) is 11.3 Å². The summed E-state index contributed by atoms with van der Waals surface area (Å²) in [7, 11) is 0. The highest BCUT2D eigenvalue weighted by Gasteiger charge is 2.14. The lowest BCUT2D eigenvalue weighted by Crippen LogP contribution is -2.32. The third-order valence-corrected chi connectivity index (χ3v) is 4.71. The standard InChI is InChI=1S/C19H19N3O3S/c1-2-11-21(13-16-5-3-15(12-20)4-6-16)19(23)14-26-18-9-7-17(8-10-18)22(24)25/h3-10H,2,11,13-14H2,1H3. The van der Waals surface area contributed by atoms with E-state index >= 15 is 0 Å². The Morgan fingerprint density at radius 1 is 1.19 bits per heavy atom. The molecule has 0 aromatic heterocycles. The van der Waals surface area contributed by atoms with Gasteiger partial charge in [-0.1, -0.05) is 19.1 Å². The molecule has 134 valence electrons. The quantitative estimate of drug-likeness (QED) is 0.399. The molecule has 0 saturated heterocycles. The van der Waals surface area contributed by atoms with Crippen molar-refractivity contribution in [1.29, 1.82) is 5.26 Å². The number of thioether (sulfide) groups is 1. The summed E-state index contributed by atoms with van der Waals surface area (Å²) in [5.41, 5.74) is 1.61. The highest BCUT2D eigenvalue weighted by atomic mass is 32.2. The lowest BCUT2D eigenvalue weighted by atomic mass is 10.1. The molecule has 0 spiro atoms. The van der Waals surface area contributed by atoms with E-state index in [0.29, 0.717) is 18.7 Å². The molecule has 0 aliphatic rings. The number of amides is 1. The van der Waals surface area contributed by atoms with Crippen molar-refractivity contribution in [1.82, 2.24) is 4.90 Å². The van der Waals surface area contributed by atoms with Crippen LogP contribution in [0.2, 0.25) is 0 Å². The predicted octanol–water partition coefficient (Wildman–Crippen LogP) is 4.00. The topological polar surface area (TPSA) is 87.2 Å². The van der Waals surface area contributed by atoms with E-state index in [0.717, 1.165) is 16.9 Å². The number of carbonyl (C=O) groups excluding carboxylic acids is 1. The lowest BCUT2D eigenvalue weighted by Gasteiger charge is -2.22. The van der Waals surface area contributed by atoms with Crippen molar-refractivity contribution >= 4 is 23.4 Å². The molecule has 7 heteroatoms. The fraction of sp³-hybridized carbons (Fsp3) is 0.263. The van der Waals surface area contributed by atoms with Crippen molar-refractivity contribution in [2.75, 3.05) is 12.3 Å². The van der Waals surface area contributed by atoms with E-state index in [1.165, 1.54) is 23.9 Å². The van der Waals surface area contributed by atoms with Crippen molar-refractivity contribution in [3.05, 3.63) is 69.8 Å². The van der Waals surface area contributed by atoms with Crippen molar-refractivity contribution in [3.63, 3.8) is 0 Å². The van der Waals surface area contributed by atoms with Crippen LogP contribution in [0.3, 0.4) is 0 Å². The summed E-state index contributed by atoms with van der Waals surface area (Å²) in [6.07, 6.45) is 0.851. The Bertz CT molecular complexity index is 798. The Hall–Kier alpha value is -2.85. The van der Waals surface area contributed by atoms with Crippen molar-refractivity contribution < 1.29 is 9.72 Å². The third kappa shape index (κ3) is 5.60. The van der Waals surface area contributed by atoms with Crippen molar-refractivity contribution in [2.45, 2.75) is 24.8 Å². The summed E-state index contributed by atoms with van der Waals surface area (Å²) in [6.45, 7) is 3.17. The van der Waals surface area contributed by atoms with E-state index in [-0.39, 0.29) is 17.3 Å². The van der Waals surface area contributed by atoms with Crippen LogP contribution < -0.4 is 0 Å². The van der Waals surface area contributed by atoms with Gasteiger partial charge in [0.05, 0.1) is 22.3 Å². The van der Waals surface area contributed by atoms with Gasteiger partial charge in [-0.05, 0) is 36.2 Å². The Balaban J connectivity index is 1.96. The lowest BCUT2D eigenvalue weighted by molar-refractivity contribution is -0.384. The summed E-state index contributed by atoms with van der Waals surface area (Å²) < 4.78 is 0. The number of rotatable bonds is 8. The van der Waals surface area contributed by atoms with Gasteiger partial charge < -0.3 is 4.90 Å². The van der Waals surface area contributed by atoms with E-state index in [1.54, 1.807) is 29.2 Å². The van der Waals surface area contributed by atoms with Crippen LogP contribution in [0.15, 0.2) is 53.4 Å². The molecule has 0 bridgehead atoms. The Labute approximate surface area is 156 Å². The fourth-order valence-electron chi connectivity index (χ4n) is 2.37. The number of nitriles is 1. The highest BCUT2D eigenvalue weighted by Crippen LogP contribution is 2.22. The van der Waals surface area contributed by atoms with Gasteiger partial charge in [0.2, 0.25) is 5.91 Å².